The summed E-state index contributed by atoms with van der Waals surface area (Å²) < 4.78 is 26.9. The second-order valence-electron chi connectivity index (χ2n) is 8.30. The van der Waals surface area contributed by atoms with Crippen LogP contribution in [0.15, 0.2) is 30.5 Å². The van der Waals surface area contributed by atoms with E-state index in [1.54, 1.807) is 6.20 Å². The average Bonchev–Trinajstić information content (AvgIpc) is 3.21. The lowest BCUT2D eigenvalue weighted by atomic mass is 10.0. The number of piperazine rings is 1. The fourth-order valence-electron chi connectivity index (χ4n) is 4.59. The zero-order valence-electron chi connectivity index (χ0n) is 17.1. The van der Waals surface area contributed by atoms with Crippen LogP contribution in [-0.2, 0) is 0 Å². The fourth-order valence-corrected chi connectivity index (χ4v) is 4.59. The minimum Gasteiger partial charge on any atom is -0.352 e. The molecule has 6 nitrogen and oxygen atoms in total. The number of H-pyrrole nitrogens is 1. The van der Waals surface area contributed by atoms with E-state index in [1.165, 1.54) is 38.1 Å². The van der Waals surface area contributed by atoms with Crippen LogP contribution in [0.3, 0.4) is 0 Å². The van der Waals surface area contributed by atoms with Crippen molar-refractivity contribution in [3.8, 4) is 11.4 Å². The highest BCUT2D eigenvalue weighted by atomic mass is 19.2. The number of imidazole rings is 1. The van der Waals surface area contributed by atoms with E-state index < -0.39 is 11.6 Å². The predicted octanol–water partition coefficient (Wildman–Crippen LogP) is 3.12. The number of piperidine rings is 1. The molecule has 4 heterocycles. The van der Waals surface area contributed by atoms with Crippen LogP contribution in [0.2, 0.25) is 0 Å². The van der Waals surface area contributed by atoms with Crippen molar-refractivity contribution in [3.63, 3.8) is 0 Å². The largest absolute Gasteiger partial charge is 0.352 e. The van der Waals surface area contributed by atoms with Gasteiger partial charge >= 0.3 is 0 Å². The van der Waals surface area contributed by atoms with E-state index in [2.05, 4.69) is 36.7 Å². The molecule has 2 saturated heterocycles. The van der Waals surface area contributed by atoms with Gasteiger partial charge in [-0.2, -0.15) is 0 Å². The van der Waals surface area contributed by atoms with Crippen molar-refractivity contribution in [2.75, 3.05) is 51.2 Å². The third-order valence-electron chi connectivity index (χ3n) is 6.39. The van der Waals surface area contributed by atoms with Gasteiger partial charge in [-0.25, -0.2) is 18.7 Å². The molecule has 2 aromatic heterocycles. The average molecular weight is 412 g/mol. The van der Waals surface area contributed by atoms with Crippen LogP contribution in [0.5, 0.6) is 0 Å². The molecular weight excluding hydrogens is 386 g/mol. The summed E-state index contributed by atoms with van der Waals surface area (Å²) in [6.45, 7) is 6.20. The van der Waals surface area contributed by atoms with Gasteiger partial charge in [-0.15, -0.1) is 0 Å². The number of rotatable bonds is 3. The molecule has 0 unspecified atom stereocenters. The van der Waals surface area contributed by atoms with Crippen LogP contribution >= 0.6 is 0 Å². The molecule has 5 rings (SSSR count). The Labute approximate surface area is 174 Å². The van der Waals surface area contributed by atoms with Gasteiger partial charge in [0, 0.05) is 44.0 Å². The maximum absolute atomic E-state index is 13.7. The summed E-state index contributed by atoms with van der Waals surface area (Å²) in [4.78, 5) is 19.8. The maximum Gasteiger partial charge on any atom is 0.159 e. The number of hydrogen-bond acceptors (Lipinski definition) is 5. The minimum atomic E-state index is -0.878. The number of pyridine rings is 1. The van der Waals surface area contributed by atoms with Gasteiger partial charge < -0.3 is 14.8 Å². The first-order valence-electron chi connectivity index (χ1n) is 10.6. The van der Waals surface area contributed by atoms with Gasteiger partial charge in [0.05, 0.1) is 5.52 Å². The van der Waals surface area contributed by atoms with E-state index in [-0.39, 0.29) is 0 Å². The third-order valence-corrected chi connectivity index (χ3v) is 6.39. The second-order valence-corrected chi connectivity index (χ2v) is 8.30. The van der Waals surface area contributed by atoms with E-state index in [0.29, 0.717) is 17.4 Å². The molecule has 0 bridgehead atoms. The Bertz CT molecular complexity index is 1040. The zero-order valence-corrected chi connectivity index (χ0v) is 17.1. The first-order chi connectivity index (χ1) is 14.6. The van der Waals surface area contributed by atoms with Gasteiger partial charge in [-0.3, -0.25) is 4.90 Å². The number of likely N-dealkylation sites (tertiary alicyclic amines) is 1. The Kier molecular flexibility index (Phi) is 5.12. The van der Waals surface area contributed by atoms with Gasteiger partial charge in [-0.05, 0) is 57.2 Å². The van der Waals surface area contributed by atoms with Gasteiger partial charge in [0.2, 0.25) is 0 Å². The molecule has 0 amide bonds. The van der Waals surface area contributed by atoms with Crippen LogP contribution in [0.4, 0.5) is 14.6 Å². The summed E-state index contributed by atoms with van der Waals surface area (Å²) in [5.41, 5.74) is 2.13. The van der Waals surface area contributed by atoms with Gasteiger partial charge in [-0.1, -0.05) is 0 Å². The summed E-state index contributed by atoms with van der Waals surface area (Å²) in [7, 11) is 2.19. The highest BCUT2D eigenvalue weighted by Gasteiger charge is 2.27. The molecule has 2 aliphatic rings. The van der Waals surface area contributed by atoms with Crippen LogP contribution in [-0.4, -0.2) is 77.1 Å². The fraction of sp³-hybridized carbons (Fsp3) is 0.455. The topological polar surface area (TPSA) is 51.3 Å². The first-order valence-corrected chi connectivity index (χ1v) is 10.6. The summed E-state index contributed by atoms with van der Waals surface area (Å²) in [5.74, 6) is -0.375. The van der Waals surface area contributed by atoms with Crippen molar-refractivity contribution in [2.24, 2.45) is 0 Å². The van der Waals surface area contributed by atoms with E-state index >= 15 is 0 Å². The summed E-state index contributed by atoms with van der Waals surface area (Å²) in [5, 5.41) is 0. The quantitative estimate of drug-likeness (QED) is 0.716. The van der Waals surface area contributed by atoms with Crippen molar-refractivity contribution in [1.82, 2.24) is 24.8 Å². The standard InChI is InChI=1S/C22H26F2N6/c1-28-8-5-16(6-9-28)29-10-12-30(13-11-29)22-20-19(4-7-25-22)26-21(27-20)15-2-3-17(23)18(24)14-15/h2-4,7,14,16H,5-6,8-13H2,1H3,(H,26,27). The second kappa shape index (κ2) is 7.92. The van der Waals surface area contributed by atoms with E-state index in [9.17, 15) is 8.78 Å². The number of hydrogen-bond donors (Lipinski definition) is 1. The molecule has 2 fully saturated rings. The molecule has 0 radical (unpaired) electrons. The Morgan fingerprint density at radius 1 is 0.967 bits per heavy atom. The summed E-state index contributed by atoms with van der Waals surface area (Å²) in [6.07, 6.45) is 4.25. The maximum atomic E-state index is 13.7. The lowest BCUT2D eigenvalue weighted by Gasteiger charge is -2.42. The summed E-state index contributed by atoms with van der Waals surface area (Å²) >= 11 is 0. The number of fused-ring (bicyclic) bond motifs is 1. The lowest BCUT2D eigenvalue weighted by Crippen LogP contribution is -2.53. The smallest absolute Gasteiger partial charge is 0.159 e. The molecule has 0 spiro atoms. The van der Waals surface area contributed by atoms with Crippen LogP contribution in [0, 0.1) is 11.6 Å². The molecule has 1 N–H and O–H groups in total. The number of aromatic nitrogens is 3. The lowest BCUT2D eigenvalue weighted by molar-refractivity contribution is 0.115. The molecule has 3 aromatic rings. The SMILES string of the molecule is CN1CCC(N2CCN(c3nccc4[nH]c(-c5ccc(F)c(F)c5)nc34)CC2)CC1. The van der Waals surface area contributed by atoms with Gasteiger partial charge in [0.25, 0.3) is 0 Å². The van der Waals surface area contributed by atoms with Crippen molar-refractivity contribution >= 4 is 16.9 Å². The number of benzene rings is 1. The molecule has 8 heteroatoms. The molecular formula is C22H26F2N6. The Morgan fingerprint density at radius 2 is 1.73 bits per heavy atom. The molecule has 0 saturated carbocycles. The van der Waals surface area contributed by atoms with Crippen LogP contribution in [0.1, 0.15) is 12.8 Å². The highest BCUT2D eigenvalue weighted by molar-refractivity contribution is 5.88. The van der Waals surface area contributed by atoms with E-state index in [4.69, 9.17) is 0 Å². The molecule has 158 valence electrons. The number of nitrogens with one attached hydrogen (secondary N) is 1. The van der Waals surface area contributed by atoms with Crippen molar-refractivity contribution in [1.29, 1.82) is 0 Å². The molecule has 2 aliphatic heterocycles. The number of halogens is 2. The first kappa shape index (κ1) is 19.4. The number of aromatic amines is 1. The normalized spacial score (nSPS) is 19.6. The van der Waals surface area contributed by atoms with Crippen molar-refractivity contribution < 1.29 is 8.78 Å². The number of nitrogens with zero attached hydrogens (tertiary/aromatic N) is 5. The highest BCUT2D eigenvalue weighted by Crippen LogP contribution is 2.28. The van der Waals surface area contributed by atoms with E-state index in [0.717, 1.165) is 49.1 Å². The molecule has 0 atom stereocenters. The van der Waals surface area contributed by atoms with Gasteiger partial charge in [0.1, 0.15) is 11.3 Å². The third kappa shape index (κ3) is 3.65. The zero-order chi connectivity index (χ0) is 20.7. The van der Waals surface area contributed by atoms with Crippen LogP contribution in [0.25, 0.3) is 22.4 Å². The Balaban J connectivity index is 1.35. The number of anilines is 1. The monoisotopic (exact) mass is 412 g/mol. The summed E-state index contributed by atoms with van der Waals surface area (Å²) in [6, 6.07) is 6.37. The Hall–Kier alpha value is -2.58. The minimum absolute atomic E-state index is 0.517. The molecule has 30 heavy (non-hydrogen) atoms. The van der Waals surface area contributed by atoms with Crippen LogP contribution < -0.4 is 4.90 Å². The molecule has 1 aromatic carbocycles. The van der Waals surface area contributed by atoms with E-state index in [1.807, 2.05) is 6.07 Å². The van der Waals surface area contributed by atoms with Gasteiger partial charge in [0.15, 0.2) is 17.5 Å². The molecule has 0 aliphatic carbocycles. The van der Waals surface area contributed by atoms with Crippen molar-refractivity contribution in [2.45, 2.75) is 18.9 Å². The Morgan fingerprint density at radius 3 is 2.47 bits per heavy atom. The predicted molar refractivity (Wildman–Crippen MR) is 114 cm³/mol. The van der Waals surface area contributed by atoms with Crippen molar-refractivity contribution in [3.05, 3.63) is 42.1 Å².